The van der Waals surface area contributed by atoms with E-state index in [-0.39, 0.29) is 0 Å². The molecule has 0 aliphatic carbocycles. The zero-order valence-electron chi connectivity index (χ0n) is 13.7. The maximum atomic E-state index is 4.40. The van der Waals surface area contributed by atoms with Crippen LogP contribution in [0.2, 0.25) is 0 Å². The fraction of sp³-hybridized carbons (Fsp3) is 0.529. The number of anilines is 1. The number of hydrogen-bond acceptors (Lipinski definition) is 4. The van der Waals surface area contributed by atoms with Crippen LogP contribution in [0.1, 0.15) is 17.8 Å². The van der Waals surface area contributed by atoms with Gasteiger partial charge in [0.05, 0.1) is 0 Å². The Labute approximate surface area is 132 Å². The van der Waals surface area contributed by atoms with Gasteiger partial charge >= 0.3 is 0 Å². The van der Waals surface area contributed by atoms with Crippen LogP contribution in [0.25, 0.3) is 0 Å². The Morgan fingerprint density at radius 2 is 2.09 bits per heavy atom. The minimum Gasteiger partial charge on any atom is -0.363 e. The molecule has 1 aliphatic rings. The average molecular weight is 299 g/mol. The lowest BCUT2D eigenvalue weighted by molar-refractivity contribution is 0.229. The molecule has 0 radical (unpaired) electrons. The van der Waals surface area contributed by atoms with E-state index in [2.05, 4.69) is 44.8 Å². The molecular weight excluding hydrogens is 274 g/mol. The molecule has 3 rings (SSSR count). The molecular formula is C17H25N5. The van der Waals surface area contributed by atoms with Crippen LogP contribution >= 0.6 is 0 Å². The van der Waals surface area contributed by atoms with Crippen molar-refractivity contribution in [2.24, 2.45) is 5.92 Å². The van der Waals surface area contributed by atoms with E-state index >= 15 is 0 Å². The molecule has 0 fully saturated rings. The lowest BCUT2D eigenvalue weighted by atomic mass is 9.99. The van der Waals surface area contributed by atoms with Gasteiger partial charge in [-0.05, 0) is 37.1 Å². The third kappa shape index (κ3) is 3.47. The van der Waals surface area contributed by atoms with Crippen LogP contribution in [0.4, 0.5) is 5.82 Å². The summed E-state index contributed by atoms with van der Waals surface area (Å²) in [5, 5.41) is 0. The van der Waals surface area contributed by atoms with E-state index < -0.39 is 0 Å². The van der Waals surface area contributed by atoms with Gasteiger partial charge < -0.3 is 14.4 Å². The molecule has 0 unspecified atom stereocenters. The van der Waals surface area contributed by atoms with E-state index in [1.807, 2.05) is 31.4 Å². The van der Waals surface area contributed by atoms with E-state index in [9.17, 15) is 0 Å². The van der Waals surface area contributed by atoms with Crippen LogP contribution < -0.4 is 4.90 Å². The molecule has 2 aromatic rings. The minimum absolute atomic E-state index is 0.710. The summed E-state index contributed by atoms with van der Waals surface area (Å²) in [7, 11) is 6.26. The Bertz CT molecular complexity index is 619. The molecule has 0 N–H and O–H groups in total. The standard InChI is InChI=1S/C17H25N5/c1-20(2)17-10-14(6-7-18-17)11-21(3)12-15-4-5-16-19-8-9-22(16)13-15/h6-10,15H,4-5,11-13H2,1-3H3/t15-/m1/s1. The third-order valence-electron chi connectivity index (χ3n) is 4.32. The topological polar surface area (TPSA) is 37.2 Å². The van der Waals surface area contributed by atoms with E-state index in [0.717, 1.165) is 31.9 Å². The molecule has 1 aliphatic heterocycles. The molecule has 118 valence electrons. The first-order chi connectivity index (χ1) is 10.6. The first kappa shape index (κ1) is 15.0. The normalized spacial score (nSPS) is 17.5. The molecule has 0 spiro atoms. The number of fused-ring (bicyclic) bond motifs is 1. The van der Waals surface area contributed by atoms with Crippen LogP contribution in [0.15, 0.2) is 30.7 Å². The molecule has 0 saturated heterocycles. The zero-order chi connectivity index (χ0) is 15.5. The molecule has 0 saturated carbocycles. The van der Waals surface area contributed by atoms with Crippen molar-refractivity contribution in [3.05, 3.63) is 42.1 Å². The second-order valence-corrected chi connectivity index (χ2v) is 6.51. The maximum absolute atomic E-state index is 4.40. The van der Waals surface area contributed by atoms with Crippen molar-refractivity contribution in [3.8, 4) is 0 Å². The molecule has 5 nitrogen and oxygen atoms in total. The number of aromatic nitrogens is 3. The number of nitrogens with zero attached hydrogens (tertiary/aromatic N) is 5. The van der Waals surface area contributed by atoms with Gasteiger partial charge in [0, 0.05) is 58.7 Å². The van der Waals surface area contributed by atoms with Crippen molar-refractivity contribution in [3.63, 3.8) is 0 Å². The average Bonchev–Trinajstić information content (AvgIpc) is 2.95. The molecule has 5 heteroatoms. The highest BCUT2D eigenvalue weighted by Gasteiger charge is 2.20. The van der Waals surface area contributed by atoms with Gasteiger partial charge in [0.25, 0.3) is 0 Å². The first-order valence-electron chi connectivity index (χ1n) is 7.92. The summed E-state index contributed by atoms with van der Waals surface area (Å²) < 4.78 is 2.30. The van der Waals surface area contributed by atoms with Crippen molar-refractivity contribution >= 4 is 5.82 Å². The van der Waals surface area contributed by atoms with Gasteiger partial charge in [0.2, 0.25) is 0 Å². The SMILES string of the molecule is CN(Cc1ccnc(N(C)C)c1)C[C@H]1CCc2nccn2C1. The summed E-state index contributed by atoms with van der Waals surface area (Å²) in [4.78, 5) is 13.2. The Morgan fingerprint density at radius 3 is 2.91 bits per heavy atom. The minimum atomic E-state index is 0.710. The summed E-state index contributed by atoms with van der Waals surface area (Å²) in [6.45, 7) is 3.19. The van der Waals surface area contributed by atoms with Crippen molar-refractivity contribution in [2.45, 2.75) is 25.9 Å². The van der Waals surface area contributed by atoms with Crippen molar-refractivity contribution < 1.29 is 0 Å². The van der Waals surface area contributed by atoms with Crippen molar-refractivity contribution in [1.29, 1.82) is 0 Å². The van der Waals surface area contributed by atoms with Gasteiger partial charge in [-0.3, -0.25) is 0 Å². The molecule has 0 bridgehead atoms. The fourth-order valence-corrected chi connectivity index (χ4v) is 3.21. The molecule has 0 amide bonds. The number of rotatable bonds is 5. The van der Waals surface area contributed by atoms with Crippen LogP contribution in [0.3, 0.4) is 0 Å². The summed E-state index contributed by atoms with van der Waals surface area (Å²) in [5.74, 6) is 2.97. The Balaban J connectivity index is 1.57. The van der Waals surface area contributed by atoms with E-state index in [0.29, 0.717) is 5.92 Å². The van der Waals surface area contributed by atoms with Gasteiger partial charge in [0.1, 0.15) is 11.6 Å². The number of imidazole rings is 1. The molecule has 0 aromatic carbocycles. The lowest BCUT2D eigenvalue weighted by Gasteiger charge is -2.28. The molecule has 1 atom stereocenters. The second-order valence-electron chi connectivity index (χ2n) is 6.51. The van der Waals surface area contributed by atoms with Crippen molar-refractivity contribution in [1.82, 2.24) is 19.4 Å². The predicted molar refractivity (Wildman–Crippen MR) is 88.9 cm³/mol. The quantitative estimate of drug-likeness (QED) is 0.847. The fourth-order valence-electron chi connectivity index (χ4n) is 3.21. The number of aryl methyl sites for hydroxylation is 1. The van der Waals surface area contributed by atoms with Crippen LogP contribution in [-0.2, 0) is 19.5 Å². The molecule has 2 aromatic heterocycles. The monoisotopic (exact) mass is 299 g/mol. The van der Waals surface area contributed by atoms with Gasteiger partial charge in [-0.15, -0.1) is 0 Å². The van der Waals surface area contributed by atoms with Crippen LogP contribution in [-0.4, -0.2) is 47.1 Å². The zero-order valence-corrected chi connectivity index (χ0v) is 13.7. The lowest BCUT2D eigenvalue weighted by Crippen LogP contribution is -2.31. The summed E-state index contributed by atoms with van der Waals surface area (Å²) >= 11 is 0. The van der Waals surface area contributed by atoms with Gasteiger partial charge in [0.15, 0.2) is 0 Å². The highest BCUT2D eigenvalue weighted by Crippen LogP contribution is 2.20. The second kappa shape index (κ2) is 6.48. The Hall–Kier alpha value is -1.88. The van der Waals surface area contributed by atoms with Gasteiger partial charge in [-0.25, -0.2) is 9.97 Å². The smallest absolute Gasteiger partial charge is 0.128 e. The van der Waals surface area contributed by atoms with E-state index in [1.54, 1.807) is 0 Å². The molecule has 22 heavy (non-hydrogen) atoms. The summed E-state index contributed by atoms with van der Waals surface area (Å²) in [5.41, 5.74) is 1.32. The van der Waals surface area contributed by atoms with Crippen LogP contribution in [0, 0.1) is 5.92 Å². The van der Waals surface area contributed by atoms with Gasteiger partial charge in [-0.1, -0.05) is 0 Å². The van der Waals surface area contributed by atoms with Gasteiger partial charge in [-0.2, -0.15) is 0 Å². The third-order valence-corrected chi connectivity index (χ3v) is 4.32. The Morgan fingerprint density at radius 1 is 1.23 bits per heavy atom. The summed E-state index contributed by atoms with van der Waals surface area (Å²) in [6.07, 6.45) is 8.26. The van der Waals surface area contributed by atoms with E-state index in [4.69, 9.17) is 0 Å². The van der Waals surface area contributed by atoms with E-state index in [1.165, 1.54) is 17.8 Å². The van der Waals surface area contributed by atoms with Crippen LogP contribution in [0.5, 0.6) is 0 Å². The van der Waals surface area contributed by atoms with Crippen molar-refractivity contribution in [2.75, 3.05) is 32.6 Å². The first-order valence-corrected chi connectivity index (χ1v) is 7.92. The number of hydrogen-bond donors (Lipinski definition) is 0. The Kier molecular flexibility index (Phi) is 4.43. The summed E-state index contributed by atoms with van der Waals surface area (Å²) in [6, 6.07) is 4.28. The maximum Gasteiger partial charge on any atom is 0.128 e. The largest absolute Gasteiger partial charge is 0.363 e. The highest BCUT2D eigenvalue weighted by molar-refractivity contribution is 5.38. The highest BCUT2D eigenvalue weighted by atomic mass is 15.1. The number of pyridine rings is 1. The predicted octanol–water partition coefficient (Wildman–Crippen LogP) is 2.04. The molecule has 3 heterocycles.